The molecule has 2 aromatic rings. The summed E-state index contributed by atoms with van der Waals surface area (Å²) in [4.78, 5) is 11.2. The summed E-state index contributed by atoms with van der Waals surface area (Å²) in [6, 6.07) is 13.3. The van der Waals surface area contributed by atoms with Gasteiger partial charge in [-0.3, -0.25) is 0 Å². The van der Waals surface area contributed by atoms with Crippen molar-refractivity contribution in [3.63, 3.8) is 0 Å². The van der Waals surface area contributed by atoms with Gasteiger partial charge in [-0.25, -0.2) is 17.9 Å². The molecule has 0 aliphatic heterocycles. The average molecular weight is 376 g/mol. The molecule has 2 aromatic carbocycles. The van der Waals surface area contributed by atoms with Crippen molar-refractivity contribution < 1.29 is 18.3 Å². The molecule has 0 bridgehead atoms. The van der Waals surface area contributed by atoms with Crippen molar-refractivity contribution in [2.24, 2.45) is 0 Å². The van der Waals surface area contributed by atoms with Gasteiger partial charge < -0.3 is 10.4 Å². The van der Waals surface area contributed by atoms with E-state index in [1.54, 1.807) is 0 Å². The fraction of sp³-hybridized carbons (Fsp3) is 0.316. The van der Waals surface area contributed by atoms with Crippen molar-refractivity contribution in [1.29, 1.82) is 0 Å². The van der Waals surface area contributed by atoms with E-state index in [1.165, 1.54) is 18.2 Å². The number of benzene rings is 2. The molecule has 0 aromatic heterocycles. The fourth-order valence-corrected chi connectivity index (χ4v) is 3.83. The van der Waals surface area contributed by atoms with E-state index in [0.717, 1.165) is 18.4 Å². The van der Waals surface area contributed by atoms with Crippen LogP contribution in [0.15, 0.2) is 53.4 Å². The van der Waals surface area contributed by atoms with E-state index in [4.69, 9.17) is 0 Å². The molecule has 26 heavy (non-hydrogen) atoms. The van der Waals surface area contributed by atoms with Gasteiger partial charge in [0.1, 0.15) is 4.90 Å². The van der Waals surface area contributed by atoms with E-state index in [9.17, 15) is 18.3 Å². The summed E-state index contributed by atoms with van der Waals surface area (Å²) in [6.45, 7) is 4.14. The van der Waals surface area contributed by atoms with Crippen molar-refractivity contribution in [2.45, 2.75) is 44.2 Å². The molecule has 0 fully saturated rings. The van der Waals surface area contributed by atoms with Crippen LogP contribution in [-0.4, -0.2) is 25.5 Å². The lowest BCUT2D eigenvalue weighted by Crippen LogP contribution is -2.26. The molecule has 0 aliphatic carbocycles. The van der Waals surface area contributed by atoms with Crippen LogP contribution in [0.3, 0.4) is 0 Å². The SMILES string of the molecule is CCC[C@@H](C)Nc1ccc(C(=O)O)cc1S(=O)(=O)NCc1ccccc1. The van der Waals surface area contributed by atoms with Crippen LogP contribution in [0.4, 0.5) is 5.69 Å². The lowest BCUT2D eigenvalue weighted by molar-refractivity contribution is 0.0696. The fourth-order valence-electron chi connectivity index (χ4n) is 2.62. The zero-order valence-corrected chi connectivity index (χ0v) is 15.7. The number of hydrogen-bond acceptors (Lipinski definition) is 4. The van der Waals surface area contributed by atoms with Gasteiger partial charge in [0.2, 0.25) is 10.0 Å². The molecule has 0 unspecified atom stereocenters. The van der Waals surface area contributed by atoms with E-state index in [2.05, 4.69) is 10.0 Å². The van der Waals surface area contributed by atoms with Crippen molar-refractivity contribution in [3.8, 4) is 0 Å². The van der Waals surface area contributed by atoms with Crippen LogP contribution in [0, 0.1) is 0 Å². The highest BCUT2D eigenvalue weighted by molar-refractivity contribution is 7.89. The Hall–Kier alpha value is -2.38. The van der Waals surface area contributed by atoms with E-state index in [0.29, 0.717) is 5.69 Å². The lowest BCUT2D eigenvalue weighted by atomic mass is 10.1. The highest BCUT2D eigenvalue weighted by Gasteiger charge is 2.21. The van der Waals surface area contributed by atoms with E-state index < -0.39 is 16.0 Å². The van der Waals surface area contributed by atoms with Gasteiger partial charge in [0.05, 0.1) is 11.3 Å². The van der Waals surface area contributed by atoms with Crippen LogP contribution in [-0.2, 0) is 16.6 Å². The van der Waals surface area contributed by atoms with Gasteiger partial charge in [0, 0.05) is 12.6 Å². The van der Waals surface area contributed by atoms with E-state index in [-0.39, 0.29) is 23.0 Å². The summed E-state index contributed by atoms with van der Waals surface area (Å²) in [5, 5.41) is 12.4. The maximum Gasteiger partial charge on any atom is 0.335 e. The van der Waals surface area contributed by atoms with Crippen LogP contribution in [0.1, 0.15) is 42.6 Å². The molecule has 0 amide bonds. The number of rotatable bonds is 9. The number of aromatic carboxylic acids is 1. The second kappa shape index (κ2) is 8.82. The minimum atomic E-state index is -3.88. The van der Waals surface area contributed by atoms with Crippen molar-refractivity contribution in [3.05, 3.63) is 59.7 Å². The third-order valence-corrected chi connectivity index (χ3v) is 5.39. The predicted octanol–water partition coefficient (Wildman–Crippen LogP) is 3.46. The van der Waals surface area contributed by atoms with Gasteiger partial charge >= 0.3 is 5.97 Å². The molecule has 7 heteroatoms. The minimum Gasteiger partial charge on any atom is -0.478 e. The molecule has 0 aliphatic rings. The summed E-state index contributed by atoms with van der Waals surface area (Å²) >= 11 is 0. The maximum atomic E-state index is 12.8. The van der Waals surface area contributed by atoms with Crippen molar-refractivity contribution in [1.82, 2.24) is 4.72 Å². The van der Waals surface area contributed by atoms with Gasteiger partial charge in [-0.2, -0.15) is 0 Å². The molecule has 3 N–H and O–H groups in total. The number of carboxylic acids is 1. The summed E-state index contributed by atoms with van der Waals surface area (Å²) in [7, 11) is -3.88. The summed E-state index contributed by atoms with van der Waals surface area (Å²) in [5.41, 5.74) is 1.15. The topological polar surface area (TPSA) is 95.5 Å². The second-order valence-electron chi connectivity index (χ2n) is 6.16. The van der Waals surface area contributed by atoms with Crippen LogP contribution in [0.5, 0.6) is 0 Å². The molecule has 140 valence electrons. The zero-order chi connectivity index (χ0) is 19.2. The Morgan fingerprint density at radius 3 is 2.46 bits per heavy atom. The van der Waals surface area contributed by atoms with Gasteiger partial charge in [-0.15, -0.1) is 0 Å². The first kappa shape index (κ1) is 19.9. The van der Waals surface area contributed by atoms with Gasteiger partial charge in [-0.1, -0.05) is 43.7 Å². The Morgan fingerprint density at radius 1 is 1.15 bits per heavy atom. The normalized spacial score (nSPS) is 12.5. The van der Waals surface area contributed by atoms with E-state index in [1.807, 2.05) is 44.2 Å². The highest BCUT2D eigenvalue weighted by Crippen LogP contribution is 2.24. The number of sulfonamides is 1. The Morgan fingerprint density at radius 2 is 1.85 bits per heavy atom. The highest BCUT2D eigenvalue weighted by atomic mass is 32.2. The first-order valence-electron chi connectivity index (χ1n) is 8.51. The van der Waals surface area contributed by atoms with Crippen molar-refractivity contribution >= 4 is 21.7 Å². The maximum absolute atomic E-state index is 12.8. The zero-order valence-electron chi connectivity index (χ0n) is 14.9. The molecule has 0 spiro atoms. The Bertz CT molecular complexity index is 851. The van der Waals surface area contributed by atoms with Gasteiger partial charge in [-0.05, 0) is 37.1 Å². The van der Waals surface area contributed by atoms with Crippen LogP contribution < -0.4 is 10.0 Å². The number of carboxylic acid groups (broad SMARTS) is 1. The quantitative estimate of drug-likeness (QED) is 0.623. The minimum absolute atomic E-state index is 0.0590. The largest absolute Gasteiger partial charge is 0.478 e. The summed E-state index contributed by atoms with van der Waals surface area (Å²) in [5.74, 6) is -1.17. The molecular weight excluding hydrogens is 352 g/mol. The first-order valence-corrected chi connectivity index (χ1v) is 9.99. The molecule has 6 nitrogen and oxygen atoms in total. The number of carbonyl (C=O) groups is 1. The predicted molar refractivity (Wildman–Crippen MR) is 102 cm³/mol. The first-order chi connectivity index (χ1) is 12.3. The standard InChI is InChI=1S/C19H24N2O4S/c1-3-7-14(2)21-17-11-10-16(19(22)23)12-18(17)26(24,25)20-13-15-8-5-4-6-9-15/h4-6,8-12,14,20-21H,3,7,13H2,1-2H3,(H,22,23)/t14-/m1/s1. The molecule has 2 rings (SSSR count). The summed E-state index contributed by atoms with van der Waals surface area (Å²) in [6.07, 6.45) is 1.83. The Labute approximate surface area is 154 Å². The number of nitrogens with one attached hydrogen (secondary N) is 2. The molecule has 0 heterocycles. The Kier molecular flexibility index (Phi) is 6.76. The molecule has 0 radical (unpaired) electrons. The third-order valence-electron chi connectivity index (χ3n) is 3.95. The molecule has 0 saturated carbocycles. The second-order valence-corrected chi connectivity index (χ2v) is 7.90. The number of hydrogen-bond donors (Lipinski definition) is 3. The van der Waals surface area contributed by atoms with Crippen LogP contribution >= 0.6 is 0 Å². The van der Waals surface area contributed by atoms with Crippen LogP contribution in [0.25, 0.3) is 0 Å². The smallest absolute Gasteiger partial charge is 0.335 e. The number of anilines is 1. The van der Waals surface area contributed by atoms with Gasteiger partial charge in [0.25, 0.3) is 0 Å². The van der Waals surface area contributed by atoms with Crippen LogP contribution in [0.2, 0.25) is 0 Å². The molecule has 0 saturated heterocycles. The van der Waals surface area contributed by atoms with E-state index >= 15 is 0 Å². The molecular formula is C19H24N2O4S. The molecule has 1 atom stereocenters. The van der Waals surface area contributed by atoms with Crippen molar-refractivity contribution in [2.75, 3.05) is 5.32 Å². The Balaban J connectivity index is 2.33. The lowest BCUT2D eigenvalue weighted by Gasteiger charge is -2.18. The monoisotopic (exact) mass is 376 g/mol. The summed E-state index contributed by atoms with van der Waals surface area (Å²) < 4.78 is 28.1. The third kappa shape index (κ3) is 5.31. The average Bonchev–Trinajstić information content (AvgIpc) is 2.61. The van der Waals surface area contributed by atoms with Gasteiger partial charge in [0.15, 0.2) is 0 Å².